The highest BCUT2D eigenvalue weighted by Gasteiger charge is 2.28. The largest absolute Gasteiger partial charge is 0.480 e. The summed E-state index contributed by atoms with van der Waals surface area (Å²) in [6.07, 6.45) is 2.85. The summed E-state index contributed by atoms with van der Waals surface area (Å²) in [6, 6.07) is 10.1. The predicted molar refractivity (Wildman–Crippen MR) is 102 cm³/mol. The average molecular weight is 361 g/mol. The Morgan fingerprint density at radius 1 is 1.19 bits per heavy atom. The molecule has 1 N–H and O–H groups in total. The minimum Gasteiger partial charge on any atom is -0.480 e. The van der Waals surface area contributed by atoms with Gasteiger partial charge in [0.15, 0.2) is 0 Å². The van der Waals surface area contributed by atoms with Crippen LogP contribution in [0.15, 0.2) is 30.3 Å². The van der Waals surface area contributed by atoms with Gasteiger partial charge < -0.3 is 10.0 Å². The van der Waals surface area contributed by atoms with Crippen molar-refractivity contribution in [1.82, 2.24) is 14.7 Å². The second-order valence-corrected chi connectivity index (χ2v) is 7.29. The minimum atomic E-state index is -0.792. The first kappa shape index (κ1) is 20.4. The molecule has 0 bridgehead atoms. The zero-order valence-electron chi connectivity index (χ0n) is 16.1. The summed E-state index contributed by atoms with van der Waals surface area (Å²) in [5.41, 5.74) is 1.13. The predicted octanol–water partition coefficient (Wildman–Crippen LogP) is 1.90. The summed E-state index contributed by atoms with van der Waals surface area (Å²) >= 11 is 0. The highest BCUT2D eigenvalue weighted by atomic mass is 16.4. The molecule has 1 aliphatic heterocycles. The molecule has 1 aromatic carbocycles. The van der Waals surface area contributed by atoms with Gasteiger partial charge in [0, 0.05) is 26.2 Å². The van der Waals surface area contributed by atoms with Crippen LogP contribution in [0.5, 0.6) is 0 Å². The first-order chi connectivity index (χ1) is 12.4. The quantitative estimate of drug-likeness (QED) is 0.804. The van der Waals surface area contributed by atoms with Crippen molar-refractivity contribution < 1.29 is 14.7 Å². The molecule has 2 rings (SSSR count). The van der Waals surface area contributed by atoms with Crippen LogP contribution in [0.4, 0.5) is 0 Å². The maximum Gasteiger partial charge on any atom is 0.317 e. The smallest absolute Gasteiger partial charge is 0.317 e. The number of rotatable bonds is 7. The zero-order valence-corrected chi connectivity index (χ0v) is 16.1. The van der Waals surface area contributed by atoms with E-state index >= 15 is 0 Å². The topological polar surface area (TPSA) is 64.1 Å². The van der Waals surface area contributed by atoms with Gasteiger partial charge in [-0.25, -0.2) is 0 Å². The number of carbonyl (C=O) groups is 2. The van der Waals surface area contributed by atoms with Crippen LogP contribution in [0.3, 0.4) is 0 Å². The third kappa shape index (κ3) is 5.81. The van der Waals surface area contributed by atoms with E-state index in [1.54, 1.807) is 4.90 Å². The third-order valence-electron chi connectivity index (χ3n) is 5.28. The molecule has 1 aliphatic rings. The van der Waals surface area contributed by atoms with E-state index in [-0.39, 0.29) is 24.5 Å². The maximum atomic E-state index is 12.8. The second kappa shape index (κ2) is 9.69. The fourth-order valence-corrected chi connectivity index (χ4v) is 3.68. The monoisotopic (exact) mass is 361 g/mol. The molecule has 0 aliphatic carbocycles. The van der Waals surface area contributed by atoms with E-state index < -0.39 is 5.97 Å². The van der Waals surface area contributed by atoms with Gasteiger partial charge in [-0.05, 0) is 45.3 Å². The van der Waals surface area contributed by atoms with Crippen molar-refractivity contribution in [1.29, 1.82) is 0 Å². The number of likely N-dealkylation sites (tertiary alicyclic amines) is 1. The number of benzene rings is 1. The molecule has 0 aromatic heterocycles. The fourth-order valence-electron chi connectivity index (χ4n) is 3.68. The first-order valence-electron chi connectivity index (χ1n) is 9.33. The first-order valence-corrected chi connectivity index (χ1v) is 9.33. The van der Waals surface area contributed by atoms with Gasteiger partial charge in [0.1, 0.15) is 0 Å². The fraction of sp³-hybridized carbons (Fsp3) is 0.600. The van der Waals surface area contributed by atoms with Gasteiger partial charge in [-0.3, -0.25) is 19.4 Å². The van der Waals surface area contributed by atoms with Crippen molar-refractivity contribution in [3.05, 3.63) is 35.9 Å². The van der Waals surface area contributed by atoms with Crippen molar-refractivity contribution in [2.75, 3.05) is 33.7 Å². The second-order valence-electron chi connectivity index (χ2n) is 7.29. The number of hydrogen-bond donors (Lipinski definition) is 1. The summed E-state index contributed by atoms with van der Waals surface area (Å²) in [4.78, 5) is 29.7. The lowest BCUT2D eigenvalue weighted by molar-refractivity contribution is -0.138. The Kier molecular flexibility index (Phi) is 7.60. The van der Waals surface area contributed by atoms with E-state index in [1.165, 1.54) is 0 Å². The molecule has 0 radical (unpaired) electrons. The van der Waals surface area contributed by atoms with E-state index in [9.17, 15) is 9.59 Å². The number of amides is 1. The molecular formula is C20H31N3O3. The molecule has 2 unspecified atom stereocenters. The lowest BCUT2D eigenvalue weighted by Gasteiger charge is -2.31. The van der Waals surface area contributed by atoms with E-state index in [2.05, 4.69) is 4.90 Å². The van der Waals surface area contributed by atoms with Crippen LogP contribution in [0.1, 0.15) is 31.7 Å². The Morgan fingerprint density at radius 3 is 2.54 bits per heavy atom. The Bertz CT molecular complexity index is 593. The van der Waals surface area contributed by atoms with Gasteiger partial charge in [0.05, 0.1) is 12.6 Å². The summed E-state index contributed by atoms with van der Waals surface area (Å²) < 4.78 is 0. The Morgan fingerprint density at radius 2 is 1.88 bits per heavy atom. The molecular weight excluding hydrogens is 330 g/mol. The number of carboxylic acid groups (broad SMARTS) is 1. The third-order valence-corrected chi connectivity index (χ3v) is 5.28. The van der Waals surface area contributed by atoms with Crippen LogP contribution in [0.2, 0.25) is 0 Å². The zero-order chi connectivity index (χ0) is 19.1. The molecule has 1 saturated heterocycles. The van der Waals surface area contributed by atoms with Crippen molar-refractivity contribution in [3.63, 3.8) is 0 Å². The van der Waals surface area contributed by atoms with E-state index in [0.717, 1.165) is 37.9 Å². The van der Waals surface area contributed by atoms with Gasteiger partial charge in [-0.15, -0.1) is 0 Å². The lowest BCUT2D eigenvalue weighted by atomic mass is 10.1. The van der Waals surface area contributed by atoms with Gasteiger partial charge in [-0.2, -0.15) is 0 Å². The van der Waals surface area contributed by atoms with Crippen molar-refractivity contribution in [3.8, 4) is 0 Å². The summed E-state index contributed by atoms with van der Waals surface area (Å²) in [5.74, 6) is -0.661. The van der Waals surface area contributed by atoms with E-state index in [1.807, 2.05) is 56.3 Å². The van der Waals surface area contributed by atoms with Gasteiger partial charge in [0.25, 0.3) is 0 Å². The number of carboxylic acids is 1. The van der Waals surface area contributed by atoms with Gasteiger partial charge >= 0.3 is 5.97 Å². The molecule has 0 saturated carbocycles. The molecule has 6 nitrogen and oxygen atoms in total. The standard InChI is InChI=1S/C20H31N3O3/c1-16(20(26)22(3)14-17-8-5-4-6-9-17)23-12-7-10-18(11-13-23)21(2)15-19(24)25/h4-6,8-9,16,18H,7,10-15H2,1-3H3,(H,24,25). The summed E-state index contributed by atoms with van der Waals surface area (Å²) in [5, 5.41) is 8.98. The normalized spacial score (nSPS) is 19.8. The molecule has 1 aromatic rings. The number of nitrogens with zero attached hydrogens (tertiary/aromatic N) is 3. The van der Waals surface area contributed by atoms with Crippen molar-refractivity contribution in [2.24, 2.45) is 0 Å². The Balaban J connectivity index is 1.89. The highest BCUT2D eigenvalue weighted by Crippen LogP contribution is 2.18. The lowest BCUT2D eigenvalue weighted by Crippen LogP contribution is -2.46. The molecule has 1 fully saturated rings. The van der Waals surface area contributed by atoms with Crippen LogP contribution in [0.25, 0.3) is 0 Å². The van der Waals surface area contributed by atoms with Crippen LogP contribution < -0.4 is 0 Å². The van der Waals surface area contributed by atoms with Crippen molar-refractivity contribution >= 4 is 11.9 Å². The molecule has 2 atom stereocenters. The minimum absolute atomic E-state index is 0.0684. The molecule has 144 valence electrons. The summed E-state index contributed by atoms with van der Waals surface area (Å²) in [6.45, 7) is 4.36. The van der Waals surface area contributed by atoms with Crippen LogP contribution in [-0.2, 0) is 16.1 Å². The van der Waals surface area contributed by atoms with Crippen LogP contribution in [0, 0.1) is 0 Å². The van der Waals surface area contributed by atoms with E-state index in [0.29, 0.717) is 6.54 Å². The molecule has 6 heteroatoms. The van der Waals surface area contributed by atoms with Crippen LogP contribution >= 0.6 is 0 Å². The number of hydrogen-bond acceptors (Lipinski definition) is 4. The van der Waals surface area contributed by atoms with E-state index in [4.69, 9.17) is 5.11 Å². The SMILES string of the molecule is CC(C(=O)N(C)Cc1ccccc1)N1CCCC(N(C)CC(=O)O)CC1. The highest BCUT2D eigenvalue weighted by molar-refractivity contribution is 5.81. The van der Waals surface area contributed by atoms with Crippen LogP contribution in [-0.4, -0.2) is 77.5 Å². The average Bonchev–Trinajstić information content (AvgIpc) is 2.87. The van der Waals surface area contributed by atoms with Gasteiger partial charge in [-0.1, -0.05) is 30.3 Å². The molecule has 1 heterocycles. The number of likely N-dealkylation sites (N-methyl/N-ethyl adjacent to an activating group) is 2. The Labute approximate surface area is 156 Å². The molecule has 1 amide bonds. The molecule has 26 heavy (non-hydrogen) atoms. The maximum absolute atomic E-state index is 12.8. The summed E-state index contributed by atoms with van der Waals surface area (Å²) in [7, 11) is 3.73. The molecule has 0 spiro atoms. The number of carbonyl (C=O) groups excluding carboxylic acids is 1. The van der Waals surface area contributed by atoms with Crippen molar-refractivity contribution in [2.45, 2.75) is 44.8 Å². The Hall–Kier alpha value is -1.92. The van der Waals surface area contributed by atoms with Gasteiger partial charge in [0.2, 0.25) is 5.91 Å². The number of aliphatic carboxylic acids is 1.